The predicted molar refractivity (Wildman–Crippen MR) is 109 cm³/mol. The molecule has 1 aliphatic carbocycles. The standard InChI is InChI=1S/C20H26ClN3OS/c1-13-14(12-24-10-3-2-4-11-24)15(21)8-9-16(13)22-20-23-19-17(25)6-5-7-18(19)26-20/h8-9,17,25H,2-7,10-12H2,1H3,(H,22,23). The maximum Gasteiger partial charge on any atom is 0.187 e. The number of fused-ring (bicyclic) bond motifs is 1. The van der Waals surface area contributed by atoms with Crippen LogP contribution in [0.5, 0.6) is 0 Å². The van der Waals surface area contributed by atoms with E-state index in [0.717, 1.165) is 60.4 Å². The number of hydrogen-bond acceptors (Lipinski definition) is 5. The first kappa shape index (κ1) is 18.2. The number of hydrogen-bond donors (Lipinski definition) is 2. The molecule has 2 aliphatic rings. The number of likely N-dealkylation sites (tertiary alicyclic amines) is 1. The third-order valence-electron chi connectivity index (χ3n) is 5.54. The van der Waals surface area contributed by atoms with Gasteiger partial charge in [-0.1, -0.05) is 18.0 Å². The lowest BCUT2D eigenvalue weighted by Gasteiger charge is -2.28. The van der Waals surface area contributed by atoms with E-state index in [0.29, 0.717) is 0 Å². The van der Waals surface area contributed by atoms with E-state index in [1.165, 1.54) is 35.3 Å². The van der Waals surface area contributed by atoms with Crippen LogP contribution in [0, 0.1) is 6.92 Å². The summed E-state index contributed by atoms with van der Waals surface area (Å²) >= 11 is 8.19. The summed E-state index contributed by atoms with van der Waals surface area (Å²) < 4.78 is 0. The van der Waals surface area contributed by atoms with Gasteiger partial charge in [-0.2, -0.15) is 0 Å². The number of thiazole rings is 1. The first-order valence-corrected chi connectivity index (χ1v) is 10.8. The van der Waals surface area contributed by atoms with Gasteiger partial charge in [0.15, 0.2) is 5.13 Å². The van der Waals surface area contributed by atoms with E-state index in [1.807, 2.05) is 12.1 Å². The van der Waals surface area contributed by atoms with Crippen molar-refractivity contribution in [2.24, 2.45) is 0 Å². The normalized spacial score (nSPS) is 20.8. The van der Waals surface area contributed by atoms with Crippen LogP contribution in [0.3, 0.4) is 0 Å². The third-order valence-corrected chi connectivity index (χ3v) is 6.94. The number of halogens is 1. The molecule has 1 aromatic carbocycles. The molecule has 1 unspecified atom stereocenters. The largest absolute Gasteiger partial charge is 0.387 e. The van der Waals surface area contributed by atoms with Crippen LogP contribution in [0.1, 0.15) is 59.9 Å². The Bertz CT molecular complexity index is 786. The number of aromatic nitrogens is 1. The number of anilines is 2. The number of aliphatic hydroxyl groups excluding tert-OH is 1. The maximum atomic E-state index is 10.2. The summed E-state index contributed by atoms with van der Waals surface area (Å²) in [7, 11) is 0. The van der Waals surface area contributed by atoms with Crippen LogP contribution in [0.25, 0.3) is 0 Å². The zero-order valence-corrected chi connectivity index (χ0v) is 16.8. The molecule has 4 rings (SSSR count). The Hall–Kier alpha value is -1.14. The lowest BCUT2D eigenvalue weighted by molar-refractivity contribution is 0.153. The number of piperidine rings is 1. The Kier molecular flexibility index (Phi) is 5.50. The highest BCUT2D eigenvalue weighted by Crippen LogP contribution is 2.37. The average molecular weight is 392 g/mol. The second-order valence-electron chi connectivity index (χ2n) is 7.40. The van der Waals surface area contributed by atoms with Crippen molar-refractivity contribution >= 4 is 33.8 Å². The van der Waals surface area contributed by atoms with E-state index in [4.69, 9.17) is 11.6 Å². The summed E-state index contributed by atoms with van der Waals surface area (Å²) in [5, 5.41) is 15.3. The Morgan fingerprint density at radius 2 is 2.08 bits per heavy atom. The Balaban J connectivity index is 1.56. The van der Waals surface area contributed by atoms with E-state index in [2.05, 4.69) is 22.1 Å². The van der Waals surface area contributed by atoms with E-state index in [9.17, 15) is 5.11 Å². The van der Waals surface area contributed by atoms with Gasteiger partial charge >= 0.3 is 0 Å². The van der Waals surface area contributed by atoms with Crippen molar-refractivity contribution in [3.8, 4) is 0 Å². The highest BCUT2D eigenvalue weighted by atomic mass is 35.5. The van der Waals surface area contributed by atoms with E-state index < -0.39 is 6.10 Å². The SMILES string of the molecule is Cc1c(Nc2nc3c(s2)CCCC3O)ccc(Cl)c1CN1CCCCC1. The van der Waals surface area contributed by atoms with Crippen molar-refractivity contribution < 1.29 is 5.11 Å². The summed E-state index contributed by atoms with van der Waals surface area (Å²) in [6.07, 6.45) is 6.36. The van der Waals surface area contributed by atoms with Gasteiger partial charge < -0.3 is 10.4 Å². The van der Waals surface area contributed by atoms with Crippen LogP contribution in [-0.4, -0.2) is 28.1 Å². The second kappa shape index (κ2) is 7.85. The fraction of sp³-hybridized carbons (Fsp3) is 0.550. The molecule has 1 saturated heterocycles. The number of aryl methyl sites for hydroxylation is 1. The molecule has 140 valence electrons. The van der Waals surface area contributed by atoms with Gasteiger partial charge in [-0.05, 0) is 75.4 Å². The Morgan fingerprint density at radius 1 is 1.27 bits per heavy atom. The molecular formula is C20H26ClN3OS. The number of aliphatic hydroxyl groups is 1. The molecule has 26 heavy (non-hydrogen) atoms. The molecule has 2 aromatic rings. The minimum absolute atomic E-state index is 0.411. The monoisotopic (exact) mass is 391 g/mol. The summed E-state index contributed by atoms with van der Waals surface area (Å²) in [6, 6.07) is 4.02. The molecule has 1 aliphatic heterocycles. The van der Waals surface area contributed by atoms with E-state index in [1.54, 1.807) is 11.3 Å². The summed E-state index contributed by atoms with van der Waals surface area (Å²) in [5.74, 6) is 0. The zero-order chi connectivity index (χ0) is 18.1. The lowest BCUT2D eigenvalue weighted by Crippen LogP contribution is -2.29. The number of nitrogens with one attached hydrogen (secondary N) is 1. The molecule has 2 heterocycles. The van der Waals surface area contributed by atoms with Crippen LogP contribution in [0.2, 0.25) is 5.02 Å². The molecule has 0 saturated carbocycles. The highest BCUT2D eigenvalue weighted by molar-refractivity contribution is 7.15. The molecule has 0 bridgehead atoms. The quantitative estimate of drug-likeness (QED) is 0.751. The van der Waals surface area contributed by atoms with Crippen molar-refractivity contribution in [2.75, 3.05) is 18.4 Å². The molecule has 0 amide bonds. The van der Waals surface area contributed by atoms with Crippen molar-refractivity contribution in [3.05, 3.63) is 38.9 Å². The van der Waals surface area contributed by atoms with Crippen LogP contribution in [0.4, 0.5) is 10.8 Å². The van der Waals surface area contributed by atoms with Gasteiger partial charge in [-0.3, -0.25) is 4.90 Å². The summed E-state index contributed by atoms with van der Waals surface area (Å²) in [6.45, 7) is 5.36. The van der Waals surface area contributed by atoms with Gasteiger partial charge in [-0.25, -0.2) is 4.98 Å². The Morgan fingerprint density at radius 3 is 2.85 bits per heavy atom. The highest BCUT2D eigenvalue weighted by Gasteiger charge is 2.23. The van der Waals surface area contributed by atoms with Crippen LogP contribution >= 0.6 is 22.9 Å². The molecule has 1 aromatic heterocycles. The average Bonchev–Trinajstić information content (AvgIpc) is 3.06. The van der Waals surface area contributed by atoms with Gasteiger partial charge in [0.05, 0.1) is 11.8 Å². The van der Waals surface area contributed by atoms with Crippen LogP contribution in [0.15, 0.2) is 12.1 Å². The number of rotatable bonds is 4. The molecule has 1 atom stereocenters. The second-order valence-corrected chi connectivity index (χ2v) is 8.89. The first-order chi connectivity index (χ1) is 12.6. The van der Waals surface area contributed by atoms with Gasteiger partial charge in [0.25, 0.3) is 0 Å². The molecular weight excluding hydrogens is 366 g/mol. The third kappa shape index (κ3) is 3.77. The van der Waals surface area contributed by atoms with Crippen molar-refractivity contribution in [3.63, 3.8) is 0 Å². The fourth-order valence-corrected chi connectivity index (χ4v) is 5.29. The van der Waals surface area contributed by atoms with Gasteiger partial charge in [0, 0.05) is 22.1 Å². The zero-order valence-electron chi connectivity index (χ0n) is 15.2. The lowest BCUT2D eigenvalue weighted by atomic mass is 10.0. The van der Waals surface area contributed by atoms with Crippen LogP contribution in [-0.2, 0) is 13.0 Å². The van der Waals surface area contributed by atoms with Gasteiger partial charge in [0.2, 0.25) is 0 Å². The molecule has 4 nitrogen and oxygen atoms in total. The fourth-order valence-electron chi connectivity index (χ4n) is 3.96. The predicted octanol–water partition coefficient (Wildman–Crippen LogP) is 5.20. The van der Waals surface area contributed by atoms with Crippen molar-refractivity contribution in [1.29, 1.82) is 0 Å². The molecule has 0 radical (unpaired) electrons. The molecule has 6 heteroatoms. The van der Waals surface area contributed by atoms with E-state index in [-0.39, 0.29) is 0 Å². The van der Waals surface area contributed by atoms with Crippen molar-refractivity contribution in [2.45, 2.75) is 58.1 Å². The number of benzene rings is 1. The molecule has 2 N–H and O–H groups in total. The van der Waals surface area contributed by atoms with E-state index >= 15 is 0 Å². The van der Waals surface area contributed by atoms with Gasteiger partial charge in [-0.15, -0.1) is 11.3 Å². The first-order valence-electron chi connectivity index (χ1n) is 9.57. The molecule has 0 spiro atoms. The summed E-state index contributed by atoms with van der Waals surface area (Å²) in [5.41, 5.74) is 4.32. The molecule has 1 fully saturated rings. The number of nitrogens with zero attached hydrogens (tertiary/aromatic N) is 2. The van der Waals surface area contributed by atoms with Crippen LogP contribution < -0.4 is 5.32 Å². The Labute approximate surface area is 164 Å². The topological polar surface area (TPSA) is 48.4 Å². The smallest absolute Gasteiger partial charge is 0.187 e. The van der Waals surface area contributed by atoms with Crippen molar-refractivity contribution in [1.82, 2.24) is 9.88 Å². The summed E-state index contributed by atoms with van der Waals surface area (Å²) in [4.78, 5) is 8.36. The minimum atomic E-state index is -0.411. The van der Waals surface area contributed by atoms with Gasteiger partial charge in [0.1, 0.15) is 0 Å². The maximum absolute atomic E-state index is 10.2. The minimum Gasteiger partial charge on any atom is -0.387 e.